The second-order valence-electron chi connectivity index (χ2n) is 6.72. The molecule has 1 fully saturated rings. The van der Waals surface area contributed by atoms with Crippen LogP contribution < -0.4 is 21.9 Å². The summed E-state index contributed by atoms with van der Waals surface area (Å²) in [5, 5.41) is 4.57. The summed E-state index contributed by atoms with van der Waals surface area (Å²) >= 11 is 0. The van der Waals surface area contributed by atoms with Gasteiger partial charge in [0.25, 0.3) is 0 Å². The standard InChI is InChI=1S/C20H25N7/c1-2-3-8-19-21-14-27(24-19)13-15-9-11-16(12-10-15)17-6-4-5-7-18(17)20-22-25-26-23-20/h4-7,9-12,14,20,22-23,25-26H,2-3,8,13H2,1H3. The lowest BCUT2D eigenvalue weighted by molar-refractivity contribution is 0.556. The Balaban J connectivity index is 1.49. The minimum absolute atomic E-state index is 0.0116. The lowest BCUT2D eigenvalue weighted by Gasteiger charge is -2.15. The van der Waals surface area contributed by atoms with Crippen LogP contribution in [-0.4, -0.2) is 14.8 Å². The maximum absolute atomic E-state index is 4.57. The molecule has 0 unspecified atom stereocenters. The number of rotatable bonds is 7. The van der Waals surface area contributed by atoms with Gasteiger partial charge in [-0.15, -0.1) is 0 Å². The smallest absolute Gasteiger partial charge is 0.150 e. The Kier molecular flexibility index (Phi) is 5.55. The molecule has 1 aliphatic rings. The number of aromatic nitrogens is 3. The molecule has 0 aliphatic carbocycles. The van der Waals surface area contributed by atoms with Crippen molar-refractivity contribution in [1.82, 2.24) is 36.7 Å². The highest BCUT2D eigenvalue weighted by atomic mass is 15.8. The van der Waals surface area contributed by atoms with Gasteiger partial charge < -0.3 is 0 Å². The summed E-state index contributed by atoms with van der Waals surface area (Å²) in [4.78, 5) is 4.40. The van der Waals surface area contributed by atoms with Gasteiger partial charge in [-0.05, 0) is 28.7 Å². The van der Waals surface area contributed by atoms with E-state index in [4.69, 9.17) is 0 Å². The van der Waals surface area contributed by atoms with Gasteiger partial charge in [0.05, 0.1) is 6.54 Å². The van der Waals surface area contributed by atoms with E-state index in [1.54, 1.807) is 0 Å². The highest BCUT2D eigenvalue weighted by Crippen LogP contribution is 2.27. The van der Waals surface area contributed by atoms with E-state index >= 15 is 0 Å². The van der Waals surface area contributed by atoms with Crippen molar-refractivity contribution in [3.63, 3.8) is 0 Å². The van der Waals surface area contributed by atoms with Crippen molar-refractivity contribution in [3.05, 3.63) is 71.8 Å². The molecule has 0 saturated carbocycles. The molecule has 0 amide bonds. The predicted octanol–water partition coefficient (Wildman–Crippen LogP) is 2.45. The Bertz CT molecular complexity index is 866. The molecule has 0 spiro atoms. The van der Waals surface area contributed by atoms with Gasteiger partial charge in [0.1, 0.15) is 12.5 Å². The van der Waals surface area contributed by atoms with Crippen molar-refractivity contribution in [3.8, 4) is 11.1 Å². The number of benzene rings is 2. The van der Waals surface area contributed by atoms with Crippen LogP contribution in [0, 0.1) is 0 Å². The number of hydrazine groups is 3. The highest BCUT2D eigenvalue weighted by molar-refractivity contribution is 5.68. The summed E-state index contributed by atoms with van der Waals surface area (Å²) in [5.41, 5.74) is 16.8. The zero-order chi connectivity index (χ0) is 18.5. The Morgan fingerprint density at radius 2 is 1.78 bits per heavy atom. The third-order valence-corrected chi connectivity index (χ3v) is 4.71. The van der Waals surface area contributed by atoms with Crippen LogP contribution in [0.25, 0.3) is 11.1 Å². The molecule has 7 heteroatoms. The number of nitrogens with zero attached hydrogens (tertiary/aromatic N) is 3. The molecule has 2 aromatic carbocycles. The van der Waals surface area contributed by atoms with Crippen LogP contribution in [-0.2, 0) is 13.0 Å². The van der Waals surface area contributed by atoms with E-state index in [-0.39, 0.29) is 6.17 Å². The topological polar surface area (TPSA) is 78.8 Å². The molecule has 140 valence electrons. The Morgan fingerprint density at radius 1 is 1.00 bits per heavy atom. The van der Waals surface area contributed by atoms with E-state index in [0.29, 0.717) is 0 Å². The van der Waals surface area contributed by atoms with E-state index in [9.17, 15) is 0 Å². The van der Waals surface area contributed by atoms with E-state index in [1.807, 2.05) is 11.0 Å². The zero-order valence-corrected chi connectivity index (χ0v) is 15.4. The third-order valence-electron chi connectivity index (χ3n) is 4.71. The van der Waals surface area contributed by atoms with Crippen LogP contribution >= 0.6 is 0 Å². The van der Waals surface area contributed by atoms with Crippen molar-refractivity contribution in [1.29, 1.82) is 0 Å². The molecular weight excluding hydrogens is 338 g/mol. The minimum Gasteiger partial charge on any atom is -0.248 e. The number of unbranched alkanes of at least 4 members (excludes halogenated alkanes) is 1. The van der Waals surface area contributed by atoms with Crippen molar-refractivity contribution in [2.24, 2.45) is 0 Å². The molecule has 0 bridgehead atoms. The largest absolute Gasteiger partial charge is 0.248 e. The van der Waals surface area contributed by atoms with Crippen LogP contribution in [0.5, 0.6) is 0 Å². The maximum atomic E-state index is 4.57. The van der Waals surface area contributed by atoms with Gasteiger partial charge in [-0.3, -0.25) is 0 Å². The molecule has 27 heavy (non-hydrogen) atoms. The SMILES string of the molecule is CCCCc1ncn(Cc2ccc(-c3ccccc3C3NNNN3)cc2)n1. The fourth-order valence-electron chi connectivity index (χ4n) is 3.26. The Hall–Kier alpha value is -2.58. The molecule has 1 aromatic heterocycles. The minimum atomic E-state index is 0.0116. The van der Waals surface area contributed by atoms with Gasteiger partial charge in [0.2, 0.25) is 0 Å². The monoisotopic (exact) mass is 363 g/mol. The first-order chi connectivity index (χ1) is 13.3. The van der Waals surface area contributed by atoms with E-state index in [0.717, 1.165) is 31.6 Å². The fraction of sp³-hybridized carbons (Fsp3) is 0.300. The number of hydrogen-bond donors (Lipinski definition) is 4. The normalized spacial score (nSPS) is 14.7. The number of hydrogen-bond acceptors (Lipinski definition) is 6. The molecule has 4 rings (SSSR count). The summed E-state index contributed by atoms with van der Waals surface area (Å²) in [6.45, 7) is 2.92. The second-order valence-corrected chi connectivity index (χ2v) is 6.72. The summed E-state index contributed by atoms with van der Waals surface area (Å²) < 4.78 is 1.91. The van der Waals surface area contributed by atoms with Gasteiger partial charge in [0.15, 0.2) is 5.82 Å². The quantitative estimate of drug-likeness (QED) is 0.516. The molecule has 1 saturated heterocycles. The van der Waals surface area contributed by atoms with E-state index in [2.05, 4.69) is 87.5 Å². The lowest BCUT2D eigenvalue weighted by atomic mass is 9.97. The lowest BCUT2D eigenvalue weighted by Crippen LogP contribution is -2.33. The maximum Gasteiger partial charge on any atom is 0.150 e. The van der Waals surface area contributed by atoms with Gasteiger partial charge in [-0.25, -0.2) is 20.5 Å². The number of aryl methyl sites for hydroxylation is 1. The summed E-state index contributed by atoms with van der Waals surface area (Å²) in [6, 6.07) is 17.0. The molecule has 0 atom stereocenters. The molecule has 1 aliphatic heterocycles. The van der Waals surface area contributed by atoms with Gasteiger partial charge >= 0.3 is 0 Å². The molecule has 4 N–H and O–H groups in total. The summed E-state index contributed by atoms with van der Waals surface area (Å²) in [5.74, 6) is 0.932. The first-order valence-electron chi connectivity index (χ1n) is 9.41. The van der Waals surface area contributed by atoms with Crippen molar-refractivity contribution >= 4 is 0 Å². The third kappa shape index (κ3) is 4.23. The molecule has 2 heterocycles. The van der Waals surface area contributed by atoms with Crippen LogP contribution in [0.2, 0.25) is 0 Å². The second kappa shape index (κ2) is 8.41. The predicted molar refractivity (Wildman–Crippen MR) is 105 cm³/mol. The van der Waals surface area contributed by atoms with E-state index < -0.39 is 0 Å². The Labute approximate surface area is 159 Å². The summed E-state index contributed by atoms with van der Waals surface area (Å²) in [7, 11) is 0. The Morgan fingerprint density at radius 3 is 2.56 bits per heavy atom. The molecule has 0 radical (unpaired) electrons. The highest BCUT2D eigenvalue weighted by Gasteiger charge is 2.18. The average molecular weight is 363 g/mol. The van der Waals surface area contributed by atoms with Gasteiger partial charge in [0, 0.05) is 6.42 Å². The van der Waals surface area contributed by atoms with E-state index in [1.165, 1.54) is 22.3 Å². The van der Waals surface area contributed by atoms with Crippen LogP contribution in [0.15, 0.2) is 54.9 Å². The fourth-order valence-corrected chi connectivity index (χ4v) is 3.26. The summed E-state index contributed by atoms with van der Waals surface area (Å²) in [6.07, 6.45) is 5.08. The van der Waals surface area contributed by atoms with Crippen LogP contribution in [0.4, 0.5) is 0 Å². The molecule has 7 nitrogen and oxygen atoms in total. The van der Waals surface area contributed by atoms with Crippen LogP contribution in [0.1, 0.15) is 42.9 Å². The van der Waals surface area contributed by atoms with Crippen molar-refractivity contribution in [2.45, 2.75) is 38.9 Å². The molecular formula is C20H25N7. The zero-order valence-electron chi connectivity index (χ0n) is 15.4. The van der Waals surface area contributed by atoms with Crippen molar-refractivity contribution < 1.29 is 0 Å². The average Bonchev–Trinajstić information content (AvgIpc) is 3.39. The first kappa shape index (κ1) is 17.8. The van der Waals surface area contributed by atoms with Crippen molar-refractivity contribution in [2.75, 3.05) is 0 Å². The first-order valence-corrected chi connectivity index (χ1v) is 9.41. The molecule has 3 aromatic rings. The number of nitrogens with one attached hydrogen (secondary N) is 4. The van der Waals surface area contributed by atoms with Crippen LogP contribution in [0.3, 0.4) is 0 Å². The van der Waals surface area contributed by atoms with Gasteiger partial charge in [-0.2, -0.15) is 16.2 Å². The van der Waals surface area contributed by atoms with Gasteiger partial charge in [-0.1, -0.05) is 61.9 Å².